The van der Waals surface area contributed by atoms with E-state index in [0.29, 0.717) is 23.0 Å². The molecule has 4 rings (SSSR count). The van der Waals surface area contributed by atoms with E-state index in [1.165, 1.54) is 18.1 Å². The van der Waals surface area contributed by atoms with Gasteiger partial charge in [0, 0.05) is 13.2 Å². The molecular weight excluding hydrogens is 386 g/mol. The Morgan fingerprint density at radius 3 is 2.63 bits per heavy atom. The summed E-state index contributed by atoms with van der Waals surface area (Å²) >= 11 is 0. The zero-order valence-electron chi connectivity index (χ0n) is 17.1. The molecule has 2 heterocycles. The molecule has 0 radical (unpaired) electrons. The van der Waals surface area contributed by atoms with Crippen molar-refractivity contribution in [3.63, 3.8) is 0 Å². The van der Waals surface area contributed by atoms with Crippen molar-refractivity contribution in [3.8, 4) is 11.5 Å². The molecule has 2 aromatic carbocycles. The standard InChI is InChI=1S/C23H23NO6/c1-12-9-13(2)21-15(10-12)20(27)18-19(14-5-6-16(26)17(11-14)29-3)24(7-4-8-25)23(28)22(18)30-21/h5-6,9-11,19,25-26H,4,7-8H2,1-3H3. The molecule has 7 heteroatoms. The van der Waals surface area contributed by atoms with E-state index in [1.54, 1.807) is 18.2 Å². The molecule has 0 aliphatic carbocycles. The summed E-state index contributed by atoms with van der Waals surface area (Å²) in [4.78, 5) is 28.3. The number of amides is 1. The normalized spacial score (nSPS) is 15.7. The number of fused-ring (bicyclic) bond motifs is 2. The van der Waals surface area contributed by atoms with Crippen molar-refractivity contribution in [3.05, 3.63) is 68.6 Å². The molecule has 1 aromatic heterocycles. The van der Waals surface area contributed by atoms with Crippen molar-refractivity contribution in [2.75, 3.05) is 20.3 Å². The maximum Gasteiger partial charge on any atom is 0.290 e. The lowest BCUT2D eigenvalue weighted by atomic mass is 9.97. The van der Waals surface area contributed by atoms with E-state index in [1.807, 2.05) is 19.9 Å². The van der Waals surface area contributed by atoms with Gasteiger partial charge in [0.25, 0.3) is 5.91 Å². The van der Waals surface area contributed by atoms with Gasteiger partial charge in [-0.15, -0.1) is 0 Å². The molecule has 1 aliphatic rings. The van der Waals surface area contributed by atoms with Crippen molar-refractivity contribution in [1.29, 1.82) is 0 Å². The number of hydrogen-bond acceptors (Lipinski definition) is 6. The topological polar surface area (TPSA) is 100 Å². The van der Waals surface area contributed by atoms with E-state index in [9.17, 15) is 19.8 Å². The summed E-state index contributed by atoms with van der Waals surface area (Å²) in [7, 11) is 1.43. The molecule has 156 valence electrons. The summed E-state index contributed by atoms with van der Waals surface area (Å²) < 4.78 is 11.2. The van der Waals surface area contributed by atoms with Crippen LogP contribution in [-0.4, -0.2) is 41.3 Å². The zero-order chi connectivity index (χ0) is 21.6. The lowest BCUT2D eigenvalue weighted by Gasteiger charge is -2.25. The van der Waals surface area contributed by atoms with Crippen LogP contribution in [0.25, 0.3) is 11.0 Å². The third-order valence-electron chi connectivity index (χ3n) is 5.47. The maximum absolute atomic E-state index is 13.5. The molecule has 3 aromatic rings. The summed E-state index contributed by atoms with van der Waals surface area (Å²) in [5.74, 6) is -0.166. The number of aliphatic hydroxyl groups is 1. The summed E-state index contributed by atoms with van der Waals surface area (Å²) in [5, 5.41) is 19.7. The predicted molar refractivity (Wildman–Crippen MR) is 111 cm³/mol. The number of carbonyl (C=O) groups is 1. The van der Waals surface area contributed by atoms with Gasteiger partial charge >= 0.3 is 0 Å². The second-order valence-corrected chi connectivity index (χ2v) is 7.54. The van der Waals surface area contributed by atoms with Gasteiger partial charge in [0.05, 0.1) is 24.1 Å². The number of nitrogens with zero attached hydrogens (tertiary/aromatic N) is 1. The van der Waals surface area contributed by atoms with Crippen LogP contribution < -0.4 is 10.2 Å². The number of ether oxygens (including phenoxy) is 1. The Bertz CT molecular complexity index is 1210. The van der Waals surface area contributed by atoms with Gasteiger partial charge in [0.15, 0.2) is 16.9 Å². The maximum atomic E-state index is 13.5. The van der Waals surface area contributed by atoms with Gasteiger partial charge in [0.2, 0.25) is 5.76 Å². The number of methoxy groups -OCH3 is 1. The fourth-order valence-corrected chi connectivity index (χ4v) is 4.16. The van der Waals surface area contributed by atoms with Gasteiger partial charge in [-0.3, -0.25) is 9.59 Å². The first-order valence-electron chi connectivity index (χ1n) is 9.74. The van der Waals surface area contributed by atoms with Crippen molar-refractivity contribution < 1.29 is 24.2 Å². The van der Waals surface area contributed by atoms with E-state index in [2.05, 4.69) is 0 Å². The van der Waals surface area contributed by atoms with E-state index < -0.39 is 11.9 Å². The Labute approximate surface area is 173 Å². The van der Waals surface area contributed by atoms with Gasteiger partial charge in [-0.1, -0.05) is 12.1 Å². The smallest absolute Gasteiger partial charge is 0.290 e. The van der Waals surface area contributed by atoms with Crippen LogP contribution in [0.3, 0.4) is 0 Å². The Morgan fingerprint density at radius 1 is 1.17 bits per heavy atom. The van der Waals surface area contributed by atoms with Crippen LogP contribution in [0.5, 0.6) is 11.5 Å². The molecular formula is C23H23NO6. The molecule has 7 nitrogen and oxygen atoms in total. The fraction of sp³-hybridized carbons (Fsp3) is 0.304. The van der Waals surface area contributed by atoms with Gasteiger partial charge in [-0.05, 0) is 55.2 Å². The Balaban J connectivity index is 2.00. The summed E-state index contributed by atoms with van der Waals surface area (Å²) in [5.41, 5.74) is 2.75. The predicted octanol–water partition coefficient (Wildman–Crippen LogP) is 3.05. The van der Waals surface area contributed by atoms with E-state index in [0.717, 1.165) is 11.1 Å². The number of aliphatic hydroxyl groups excluding tert-OH is 1. The molecule has 0 bridgehead atoms. The highest BCUT2D eigenvalue weighted by atomic mass is 16.5. The largest absolute Gasteiger partial charge is 0.504 e. The molecule has 1 amide bonds. The van der Waals surface area contributed by atoms with Crippen molar-refractivity contribution in [1.82, 2.24) is 4.90 Å². The van der Waals surface area contributed by atoms with Crippen molar-refractivity contribution in [2.45, 2.75) is 26.3 Å². The molecule has 1 unspecified atom stereocenters. The highest BCUT2D eigenvalue weighted by Crippen LogP contribution is 2.41. The fourth-order valence-electron chi connectivity index (χ4n) is 4.16. The van der Waals surface area contributed by atoms with Crippen molar-refractivity contribution >= 4 is 16.9 Å². The number of benzene rings is 2. The SMILES string of the molecule is COc1cc(C2c3c(oc4c(C)cc(C)cc4c3=O)C(=O)N2CCCO)ccc1O. The summed E-state index contributed by atoms with van der Waals surface area (Å²) in [6, 6.07) is 7.71. The molecule has 0 saturated heterocycles. The first-order valence-corrected chi connectivity index (χ1v) is 9.74. The van der Waals surface area contributed by atoms with Crippen LogP contribution in [0.2, 0.25) is 0 Å². The third kappa shape index (κ3) is 3.02. The van der Waals surface area contributed by atoms with Crippen LogP contribution in [0.15, 0.2) is 39.5 Å². The third-order valence-corrected chi connectivity index (χ3v) is 5.47. The number of carbonyl (C=O) groups excluding carboxylic acids is 1. The molecule has 0 spiro atoms. The summed E-state index contributed by atoms with van der Waals surface area (Å²) in [6.45, 7) is 3.91. The van der Waals surface area contributed by atoms with Crippen LogP contribution in [0.1, 0.15) is 45.3 Å². The Hall–Kier alpha value is -3.32. The van der Waals surface area contributed by atoms with Crippen LogP contribution in [0.4, 0.5) is 0 Å². The minimum atomic E-state index is -0.699. The number of phenolic OH excluding ortho intramolecular Hbond substituents is 1. The van der Waals surface area contributed by atoms with E-state index in [-0.39, 0.29) is 41.4 Å². The minimum Gasteiger partial charge on any atom is -0.504 e. The van der Waals surface area contributed by atoms with Gasteiger partial charge in [0.1, 0.15) is 5.58 Å². The van der Waals surface area contributed by atoms with E-state index >= 15 is 0 Å². The van der Waals surface area contributed by atoms with Gasteiger partial charge in [-0.25, -0.2) is 0 Å². The highest BCUT2D eigenvalue weighted by Gasteiger charge is 2.42. The molecule has 1 aliphatic heterocycles. The lowest BCUT2D eigenvalue weighted by Crippen LogP contribution is -2.31. The molecule has 0 saturated carbocycles. The van der Waals surface area contributed by atoms with E-state index in [4.69, 9.17) is 9.15 Å². The first kappa shape index (κ1) is 20.0. The molecule has 1 atom stereocenters. The average Bonchev–Trinajstić information content (AvgIpc) is 3.00. The molecule has 2 N–H and O–H groups in total. The van der Waals surface area contributed by atoms with Gasteiger partial charge in [-0.2, -0.15) is 0 Å². The number of aryl methyl sites for hydroxylation is 2. The molecule has 0 fully saturated rings. The number of hydrogen-bond donors (Lipinski definition) is 2. The molecule has 30 heavy (non-hydrogen) atoms. The number of phenols is 1. The zero-order valence-corrected chi connectivity index (χ0v) is 17.1. The monoisotopic (exact) mass is 409 g/mol. The number of rotatable bonds is 5. The van der Waals surface area contributed by atoms with Gasteiger partial charge < -0.3 is 24.3 Å². The first-order chi connectivity index (χ1) is 14.4. The lowest BCUT2D eigenvalue weighted by molar-refractivity contribution is 0.0716. The quantitative estimate of drug-likeness (QED) is 0.672. The second kappa shape index (κ2) is 7.50. The van der Waals surface area contributed by atoms with Crippen LogP contribution >= 0.6 is 0 Å². The van der Waals surface area contributed by atoms with Crippen LogP contribution in [-0.2, 0) is 0 Å². The Kier molecular flexibility index (Phi) is 4.99. The summed E-state index contributed by atoms with van der Waals surface area (Å²) in [6.07, 6.45) is 0.358. The Morgan fingerprint density at radius 2 is 1.93 bits per heavy atom. The highest BCUT2D eigenvalue weighted by molar-refractivity contribution is 5.99. The minimum absolute atomic E-state index is 0.0226. The van der Waals surface area contributed by atoms with Crippen molar-refractivity contribution in [2.24, 2.45) is 0 Å². The average molecular weight is 409 g/mol. The second-order valence-electron chi connectivity index (χ2n) is 7.54. The number of aromatic hydroxyl groups is 1. The van der Waals surface area contributed by atoms with Crippen LogP contribution in [0, 0.1) is 13.8 Å².